The molecule has 162 valence electrons. The number of benzene rings is 1. The Morgan fingerprint density at radius 3 is 2.88 bits per heavy atom. The van der Waals surface area contributed by atoms with Gasteiger partial charge in [-0.2, -0.15) is 0 Å². The van der Waals surface area contributed by atoms with Crippen molar-refractivity contribution >= 4 is 16.6 Å². The van der Waals surface area contributed by atoms with E-state index in [2.05, 4.69) is 38.5 Å². The van der Waals surface area contributed by atoms with Crippen LogP contribution < -0.4 is 10.1 Å². The van der Waals surface area contributed by atoms with Gasteiger partial charge >= 0.3 is 0 Å². The second kappa shape index (κ2) is 8.93. The van der Waals surface area contributed by atoms with Gasteiger partial charge in [0.2, 0.25) is 0 Å². The van der Waals surface area contributed by atoms with Gasteiger partial charge in [-0.05, 0) is 72.4 Å². The number of aromatic amines is 1. The first-order valence-corrected chi connectivity index (χ1v) is 10.8. The standard InChI is InChI=1S/C26H25FN4O/c1-32-25-9-6-19(27)13-22(25)21-10-12-29-26-23(21)14-24(31-26)18-4-7-20(8-5-18)30-16-17-3-2-11-28-15-17/h2-4,6,9-15,20,30H,5,7-8,16H2,1H3,(H,29,31). The number of hydrogen-bond donors (Lipinski definition) is 2. The van der Waals surface area contributed by atoms with E-state index in [0.717, 1.165) is 53.7 Å². The molecule has 3 aromatic heterocycles. The van der Waals surface area contributed by atoms with Gasteiger partial charge in [0.25, 0.3) is 0 Å². The highest BCUT2D eigenvalue weighted by molar-refractivity contribution is 5.96. The molecule has 1 unspecified atom stereocenters. The van der Waals surface area contributed by atoms with Gasteiger partial charge in [-0.25, -0.2) is 9.37 Å². The van der Waals surface area contributed by atoms with Crippen molar-refractivity contribution in [1.82, 2.24) is 20.3 Å². The van der Waals surface area contributed by atoms with Crippen LogP contribution >= 0.6 is 0 Å². The molecule has 32 heavy (non-hydrogen) atoms. The van der Waals surface area contributed by atoms with Crippen molar-refractivity contribution in [2.75, 3.05) is 7.11 Å². The van der Waals surface area contributed by atoms with Crippen LogP contribution in [0.25, 0.3) is 27.7 Å². The van der Waals surface area contributed by atoms with Crippen molar-refractivity contribution in [3.05, 3.63) is 84.2 Å². The molecular formula is C26H25FN4O. The Kier molecular flexibility index (Phi) is 5.69. The van der Waals surface area contributed by atoms with Crippen LogP contribution in [0.5, 0.6) is 5.75 Å². The van der Waals surface area contributed by atoms with E-state index in [1.54, 1.807) is 25.6 Å². The normalized spacial score (nSPS) is 16.2. The van der Waals surface area contributed by atoms with E-state index < -0.39 is 0 Å². The molecule has 1 aliphatic rings. The number of ether oxygens (including phenoxy) is 1. The maximum absolute atomic E-state index is 14.0. The number of allylic oxidation sites excluding steroid dienone is 1. The lowest BCUT2D eigenvalue weighted by atomic mass is 9.93. The monoisotopic (exact) mass is 428 g/mol. The third kappa shape index (κ3) is 4.14. The third-order valence-corrected chi connectivity index (χ3v) is 6.06. The summed E-state index contributed by atoms with van der Waals surface area (Å²) in [6.07, 6.45) is 10.8. The lowest BCUT2D eigenvalue weighted by Gasteiger charge is -2.22. The molecular weight excluding hydrogens is 403 g/mol. The highest BCUT2D eigenvalue weighted by Crippen LogP contribution is 2.37. The van der Waals surface area contributed by atoms with E-state index in [-0.39, 0.29) is 5.82 Å². The molecule has 5 rings (SSSR count). The summed E-state index contributed by atoms with van der Waals surface area (Å²) < 4.78 is 19.4. The van der Waals surface area contributed by atoms with Crippen molar-refractivity contribution in [3.63, 3.8) is 0 Å². The van der Waals surface area contributed by atoms with Crippen LogP contribution in [0.2, 0.25) is 0 Å². The van der Waals surface area contributed by atoms with Crippen LogP contribution in [0.15, 0.2) is 67.1 Å². The van der Waals surface area contributed by atoms with Gasteiger partial charge in [0.1, 0.15) is 17.2 Å². The van der Waals surface area contributed by atoms with Gasteiger partial charge in [-0.1, -0.05) is 12.1 Å². The largest absolute Gasteiger partial charge is 0.496 e. The van der Waals surface area contributed by atoms with Gasteiger partial charge in [-0.3, -0.25) is 4.98 Å². The van der Waals surface area contributed by atoms with Crippen molar-refractivity contribution in [1.29, 1.82) is 0 Å². The number of fused-ring (bicyclic) bond motifs is 1. The Hall–Kier alpha value is -3.51. The molecule has 1 atom stereocenters. The van der Waals surface area contributed by atoms with E-state index in [4.69, 9.17) is 4.74 Å². The zero-order valence-corrected chi connectivity index (χ0v) is 17.9. The van der Waals surface area contributed by atoms with E-state index in [9.17, 15) is 4.39 Å². The minimum Gasteiger partial charge on any atom is -0.496 e. The van der Waals surface area contributed by atoms with Crippen molar-refractivity contribution < 1.29 is 9.13 Å². The van der Waals surface area contributed by atoms with E-state index >= 15 is 0 Å². The first-order chi connectivity index (χ1) is 15.7. The fourth-order valence-corrected chi connectivity index (χ4v) is 4.35. The van der Waals surface area contributed by atoms with Crippen LogP contribution in [0.4, 0.5) is 4.39 Å². The summed E-state index contributed by atoms with van der Waals surface area (Å²) in [6, 6.07) is 13.1. The Morgan fingerprint density at radius 1 is 1.16 bits per heavy atom. The minimum absolute atomic E-state index is 0.290. The van der Waals surface area contributed by atoms with Crippen LogP contribution in [0, 0.1) is 5.82 Å². The molecule has 0 amide bonds. The summed E-state index contributed by atoms with van der Waals surface area (Å²) in [5, 5.41) is 4.59. The number of nitrogens with zero attached hydrogens (tertiary/aromatic N) is 2. The second-order valence-electron chi connectivity index (χ2n) is 8.09. The average Bonchev–Trinajstić information content (AvgIpc) is 3.28. The zero-order chi connectivity index (χ0) is 21.9. The molecule has 0 bridgehead atoms. The molecule has 2 N–H and O–H groups in total. The predicted molar refractivity (Wildman–Crippen MR) is 125 cm³/mol. The number of pyridine rings is 2. The van der Waals surface area contributed by atoms with E-state index in [1.807, 2.05) is 18.3 Å². The SMILES string of the molecule is COc1ccc(F)cc1-c1ccnc2[nH]c(C3=CCC(NCc4cccnc4)CC3)cc12. The summed E-state index contributed by atoms with van der Waals surface area (Å²) in [5.41, 5.74) is 5.98. The van der Waals surface area contributed by atoms with E-state index in [0.29, 0.717) is 11.8 Å². The molecule has 0 fully saturated rings. The molecule has 5 nitrogen and oxygen atoms in total. The number of nitrogens with one attached hydrogen (secondary N) is 2. The molecule has 1 aliphatic carbocycles. The number of hydrogen-bond acceptors (Lipinski definition) is 4. The Balaban J connectivity index is 1.38. The molecule has 0 spiro atoms. The van der Waals surface area contributed by atoms with E-state index in [1.165, 1.54) is 23.3 Å². The second-order valence-corrected chi connectivity index (χ2v) is 8.09. The molecule has 0 radical (unpaired) electrons. The van der Waals surface area contributed by atoms with Crippen molar-refractivity contribution in [2.45, 2.75) is 31.8 Å². The molecule has 0 saturated carbocycles. The molecule has 4 aromatic rings. The Morgan fingerprint density at radius 2 is 2.09 bits per heavy atom. The zero-order valence-electron chi connectivity index (χ0n) is 17.9. The third-order valence-electron chi connectivity index (χ3n) is 6.06. The number of rotatable bonds is 6. The van der Waals surface area contributed by atoms with Crippen molar-refractivity contribution in [2.24, 2.45) is 0 Å². The molecule has 3 heterocycles. The first-order valence-electron chi connectivity index (χ1n) is 10.8. The number of H-pyrrole nitrogens is 1. The highest BCUT2D eigenvalue weighted by atomic mass is 19.1. The average molecular weight is 429 g/mol. The van der Waals surface area contributed by atoms with Gasteiger partial charge in [0.15, 0.2) is 0 Å². The smallest absolute Gasteiger partial charge is 0.138 e. The van der Waals surface area contributed by atoms with Crippen LogP contribution in [-0.4, -0.2) is 28.1 Å². The summed E-state index contributed by atoms with van der Waals surface area (Å²) >= 11 is 0. The summed E-state index contributed by atoms with van der Waals surface area (Å²) in [7, 11) is 1.60. The van der Waals surface area contributed by atoms with Gasteiger partial charge in [-0.15, -0.1) is 0 Å². The Bertz CT molecular complexity index is 1270. The fraction of sp³-hybridized carbons (Fsp3) is 0.231. The van der Waals surface area contributed by atoms with Gasteiger partial charge in [0.05, 0.1) is 7.11 Å². The Labute approximate surface area is 186 Å². The maximum Gasteiger partial charge on any atom is 0.138 e. The van der Waals surface area contributed by atoms with Gasteiger partial charge < -0.3 is 15.0 Å². The van der Waals surface area contributed by atoms with Crippen LogP contribution in [0.1, 0.15) is 30.5 Å². The fourth-order valence-electron chi connectivity index (χ4n) is 4.35. The minimum atomic E-state index is -0.290. The highest BCUT2D eigenvalue weighted by Gasteiger charge is 2.18. The summed E-state index contributed by atoms with van der Waals surface area (Å²) in [6.45, 7) is 0.830. The lowest BCUT2D eigenvalue weighted by Crippen LogP contribution is -2.29. The van der Waals surface area contributed by atoms with Crippen molar-refractivity contribution in [3.8, 4) is 16.9 Å². The predicted octanol–water partition coefficient (Wildman–Crippen LogP) is 5.50. The molecule has 0 aliphatic heterocycles. The first kappa shape index (κ1) is 20.4. The topological polar surface area (TPSA) is 62.8 Å². The molecule has 6 heteroatoms. The number of halogens is 1. The number of aromatic nitrogens is 3. The summed E-state index contributed by atoms with van der Waals surface area (Å²) in [4.78, 5) is 12.1. The summed E-state index contributed by atoms with van der Waals surface area (Å²) in [5.74, 6) is 0.349. The van der Waals surface area contributed by atoms with Gasteiger partial charge in [0, 0.05) is 47.8 Å². The lowest BCUT2D eigenvalue weighted by molar-refractivity contribution is 0.415. The van der Waals surface area contributed by atoms with Crippen LogP contribution in [0.3, 0.4) is 0 Å². The van der Waals surface area contributed by atoms with Crippen LogP contribution in [-0.2, 0) is 6.54 Å². The quantitative estimate of drug-likeness (QED) is 0.426. The molecule has 0 saturated heterocycles. The molecule has 1 aromatic carbocycles. The number of methoxy groups -OCH3 is 1. The maximum atomic E-state index is 14.0.